The van der Waals surface area contributed by atoms with Gasteiger partial charge in [-0.2, -0.15) is 0 Å². The molecular weight excluding hydrogens is 301 g/mol. The van der Waals surface area contributed by atoms with E-state index >= 15 is 0 Å². The average Bonchev–Trinajstić information content (AvgIpc) is 2.20. The third-order valence-electron chi connectivity index (χ3n) is 1.74. The molecule has 0 spiro atoms. The van der Waals surface area contributed by atoms with Gasteiger partial charge in [-0.05, 0) is 40.5 Å². The maximum atomic E-state index is 11.3. The van der Waals surface area contributed by atoms with Crippen molar-refractivity contribution in [3.63, 3.8) is 0 Å². The number of hydrogen-bond donors (Lipinski definition) is 1. The molecule has 2 nitrogen and oxygen atoms in total. The molecule has 0 saturated carbocycles. The van der Waals surface area contributed by atoms with Gasteiger partial charge in [0.2, 0.25) is 5.91 Å². The van der Waals surface area contributed by atoms with Crippen LogP contribution in [0.4, 0.5) is 5.69 Å². The highest BCUT2D eigenvalue weighted by Gasteiger charge is 2.03. The van der Waals surface area contributed by atoms with Crippen LogP contribution in [0, 0.1) is 0 Å². The lowest BCUT2D eigenvalue weighted by Crippen LogP contribution is -2.11. The highest BCUT2D eigenvalue weighted by Crippen LogP contribution is 2.25. The Kier molecular flexibility index (Phi) is 5.43. The summed E-state index contributed by atoms with van der Waals surface area (Å²) in [6, 6.07) is 5.25. The lowest BCUT2D eigenvalue weighted by molar-refractivity contribution is -0.116. The Bertz CT molecular complexity index is 357. The van der Waals surface area contributed by atoms with E-state index in [2.05, 4.69) is 21.2 Å². The number of carbonyl (C=O) groups excluding carboxylic acids is 1. The minimum atomic E-state index is -0.0372. The number of benzene rings is 1. The van der Waals surface area contributed by atoms with Gasteiger partial charge < -0.3 is 5.32 Å². The monoisotopic (exact) mass is 309 g/mol. The predicted octanol–water partition coefficient (Wildman–Crippen LogP) is 4.06. The molecule has 1 aromatic rings. The van der Waals surface area contributed by atoms with Crippen molar-refractivity contribution < 1.29 is 4.79 Å². The zero-order valence-electron chi connectivity index (χ0n) is 7.90. The van der Waals surface area contributed by atoms with Crippen LogP contribution in [0.5, 0.6) is 0 Å². The zero-order chi connectivity index (χ0) is 11.3. The van der Waals surface area contributed by atoms with Gasteiger partial charge in [-0.3, -0.25) is 4.79 Å². The second-order valence-corrected chi connectivity index (χ2v) is 4.61. The number of carbonyl (C=O) groups is 1. The van der Waals surface area contributed by atoms with Crippen LogP contribution in [-0.4, -0.2) is 11.8 Å². The average molecular weight is 311 g/mol. The van der Waals surface area contributed by atoms with Crippen LogP contribution in [0.2, 0.25) is 5.02 Å². The van der Waals surface area contributed by atoms with E-state index in [1.165, 1.54) is 0 Å². The molecule has 0 saturated heterocycles. The minimum absolute atomic E-state index is 0.0372. The number of halogens is 3. The van der Waals surface area contributed by atoms with Crippen LogP contribution in [0.15, 0.2) is 22.7 Å². The van der Waals surface area contributed by atoms with Crippen molar-refractivity contribution in [3.8, 4) is 0 Å². The standard InChI is InChI=1S/C10H10BrCl2NO/c11-8-6-7(3-4-9(8)13)14-10(15)2-1-5-12/h3-4,6H,1-2,5H2,(H,14,15). The number of alkyl halides is 1. The predicted molar refractivity (Wildman–Crippen MR) is 67.7 cm³/mol. The first-order valence-corrected chi connectivity index (χ1v) is 6.15. The fourth-order valence-corrected chi connectivity index (χ4v) is 1.65. The van der Waals surface area contributed by atoms with Crippen molar-refractivity contribution in [2.45, 2.75) is 12.8 Å². The second kappa shape index (κ2) is 6.36. The summed E-state index contributed by atoms with van der Waals surface area (Å²) in [7, 11) is 0. The van der Waals surface area contributed by atoms with Gasteiger partial charge in [0.15, 0.2) is 0 Å². The van der Waals surface area contributed by atoms with E-state index in [9.17, 15) is 4.79 Å². The van der Waals surface area contributed by atoms with E-state index < -0.39 is 0 Å². The number of nitrogens with one attached hydrogen (secondary N) is 1. The highest BCUT2D eigenvalue weighted by atomic mass is 79.9. The first-order valence-electron chi connectivity index (χ1n) is 4.44. The molecule has 0 fully saturated rings. The fraction of sp³-hybridized carbons (Fsp3) is 0.300. The molecule has 82 valence electrons. The molecule has 0 bridgehead atoms. The maximum absolute atomic E-state index is 11.3. The second-order valence-electron chi connectivity index (χ2n) is 2.97. The van der Waals surface area contributed by atoms with Crippen LogP contribution >= 0.6 is 39.1 Å². The Morgan fingerprint density at radius 1 is 1.47 bits per heavy atom. The van der Waals surface area contributed by atoms with Gasteiger partial charge in [0.25, 0.3) is 0 Å². The van der Waals surface area contributed by atoms with Gasteiger partial charge in [0, 0.05) is 22.5 Å². The Morgan fingerprint density at radius 2 is 2.20 bits per heavy atom. The maximum Gasteiger partial charge on any atom is 0.224 e. The van der Waals surface area contributed by atoms with Crippen molar-refractivity contribution in [2.24, 2.45) is 0 Å². The molecule has 5 heteroatoms. The molecule has 0 unspecified atom stereocenters. The fourth-order valence-electron chi connectivity index (χ4n) is 1.02. The molecule has 0 atom stereocenters. The Hall–Kier alpha value is -0.250. The van der Waals surface area contributed by atoms with Crippen LogP contribution in [0.25, 0.3) is 0 Å². The van der Waals surface area contributed by atoms with Gasteiger partial charge in [-0.15, -0.1) is 11.6 Å². The Labute approximate surface area is 107 Å². The molecule has 1 N–H and O–H groups in total. The number of anilines is 1. The summed E-state index contributed by atoms with van der Waals surface area (Å²) in [6.45, 7) is 0. The first kappa shape index (κ1) is 12.8. The zero-order valence-corrected chi connectivity index (χ0v) is 11.0. The van der Waals surface area contributed by atoms with Gasteiger partial charge in [0.1, 0.15) is 0 Å². The smallest absolute Gasteiger partial charge is 0.224 e. The van der Waals surface area contributed by atoms with Gasteiger partial charge in [-0.1, -0.05) is 11.6 Å². The highest BCUT2D eigenvalue weighted by molar-refractivity contribution is 9.10. The van der Waals surface area contributed by atoms with Crippen molar-refractivity contribution in [1.29, 1.82) is 0 Å². The summed E-state index contributed by atoms with van der Waals surface area (Å²) in [5, 5.41) is 3.38. The molecule has 0 aliphatic carbocycles. The van der Waals surface area contributed by atoms with Crippen LogP contribution < -0.4 is 5.32 Å². The van der Waals surface area contributed by atoms with Crippen LogP contribution in [0.3, 0.4) is 0 Å². The summed E-state index contributed by atoms with van der Waals surface area (Å²) in [5.74, 6) is 0.461. The minimum Gasteiger partial charge on any atom is -0.326 e. The summed E-state index contributed by atoms with van der Waals surface area (Å²) in [4.78, 5) is 11.3. The molecule has 1 rings (SSSR count). The Morgan fingerprint density at radius 3 is 2.80 bits per heavy atom. The molecule has 0 aromatic heterocycles. The molecule has 1 aromatic carbocycles. The van der Waals surface area contributed by atoms with E-state index in [0.29, 0.717) is 23.7 Å². The van der Waals surface area contributed by atoms with E-state index in [1.54, 1.807) is 18.2 Å². The van der Waals surface area contributed by atoms with Crippen LogP contribution in [-0.2, 0) is 4.79 Å². The first-order chi connectivity index (χ1) is 7.13. The summed E-state index contributed by atoms with van der Waals surface area (Å²) in [5.41, 5.74) is 0.728. The topological polar surface area (TPSA) is 29.1 Å². The molecule has 1 amide bonds. The third-order valence-corrected chi connectivity index (χ3v) is 3.22. The van der Waals surface area contributed by atoms with E-state index in [0.717, 1.165) is 10.2 Å². The number of rotatable bonds is 4. The number of hydrogen-bond acceptors (Lipinski definition) is 1. The quantitative estimate of drug-likeness (QED) is 0.835. The summed E-state index contributed by atoms with van der Waals surface area (Å²) >= 11 is 14.6. The lowest BCUT2D eigenvalue weighted by Gasteiger charge is -2.05. The van der Waals surface area contributed by atoms with Crippen molar-refractivity contribution >= 4 is 50.7 Å². The van der Waals surface area contributed by atoms with E-state index in [1.807, 2.05) is 0 Å². The van der Waals surface area contributed by atoms with Crippen molar-refractivity contribution in [2.75, 3.05) is 11.2 Å². The van der Waals surface area contributed by atoms with Gasteiger partial charge in [-0.25, -0.2) is 0 Å². The molecule has 0 aliphatic rings. The SMILES string of the molecule is O=C(CCCCl)Nc1ccc(Cl)c(Br)c1. The molecule has 15 heavy (non-hydrogen) atoms. The summed E-state index contributed by atoms with van der Waals surface area (Å²) in [6.07, 6.45) is 1.12. The largest absolute Gasteiger partial charge is 0.326 e. The normalized spacial score (nSPS) is 10.1. The van der Waals surface area contributed by atoms with E-state index in [-0.39, 0.29) is 5.91 Å². The van der Waals surface area contributed by atoms with E-state index in [4.69, 9.17) is 23.2 Å². The number of amides is 1. The Balaban J connectivity index is 2.57. The molecule has 0 heterocycles. The summed E-state index contributed by atoms with van der Waals surface area (Å²) < 4.78 is 0.763. The van der Waals surface area contributed by atoms with Gasteiger partial charge in [0.05, 0.1) is 5.02 Å². The lowest BCUT2D eigenvalue weighted by atomic mass is 10.3. The van der Waals surface area contributed by atoms with Crippen molar-refractivity contribution in [1.82, 2.24) is 0 Å². The molecule has 0 aliphatic heterocycles. The third kappa shape index (κ3) is 4.41. The molecule has 0 radical (unpaired) electrons. The molecular formula is C10H10BrCl2NO. The van der Waals surface area contributed by atoms with Crippen LogP contribution in [0.1, 0.15) is 12.8 Å². The van der Waals surface area contributed by atoms with Crippen molar-refractivity contribution in [3.05, 3.63) is 27.7 Å². The van der Waals surface area contributed by atoms with Gasteiger partial charge >= 0.3 is 0 Å².